The van der Waals surface area contributed by atoms with E-state index in [0.29, 0.717) is 6.54 Å². The zero-order valence-corrected chi connectivity index (χ0v) is 8.25. The van der Waals surface area contributed by atoms with Crippen molar-refractivity contribution in [2.24, 2.45) is 12.8 Å². The van der Waals surface area contributed by atoms with Crippen LogP contribution in [0.25, 0.3) is 0 Å². The van der Waals surface area contributed by atoms with Gasteiger partial charge in [0.15, 0.2) is 0 Å². The summed E-state index contributed by atoms with van der Waals surface area (Å²) in [6.07, 6.45) is 1.09. The number of nitrogens with zero attached hydrogens (tertiary/aromatic N) is 3. The largest absolute Gasteiger partial charge is 0.325 e. The maximum Gasteiger partial charge on any atom is 0.0796 e. The third-order valence-corrected chi connectivity index (χ3v) is 2.71. The number of rotatable bonds is 1. The van der Waals surface area contributed by atoms with Gasteiger partial charge in [-0.05, 0) is 13.5 Å². The standard InChI is InChI=1S/C9H16N4/c1-12-4-3-7-8(5-10)11-13(2)9(7)6-12/h3-6,10H2,1-2H3. The highest BCUT2D eigenvalue weighted by molar-refractivity contribution is 5.28. The van der Waals surface area contributed by atoms with Gasteiger partial charge in [-0.2, -0.15) is 5.10 Å². The molecule has 72 valence electrons. The first-order chi connectivity index (χ1) is 6.22. The Morgan fingerprint density at radius 1 is 1.46 bits per heavy atom. The first-order valence-corrected chi connectivity index (χ1v) is 4.64. The third-order valence-electron chi connectivity index (χ3n) is 2.71. The van der Waals surface area contributed by atoms with E-state index < -0.39 is 0 Å². The fourth-order valence-corrected chi connectivity index (χ4v) is 1.95. The van der Waals surface area contributed by atoms with Crippen molar-refractivity contribution in [2.75, 3.05) is 13.6 Å². The molecule has 1 aliphatic heterocycles. The average Bonchev–Trinajstić information content (AvgIpc) is 2.43. The summed E-state index contributed by atoms with van der Waals surface area (Å²) in [4.78, 5) is 2.31. The Morgan fingerprint density at radius 2 is 2.23 bits per heavy atom. The molecule has 4 heteroatoms. The third kappa shape index (κ3) is 1.36. The lowest BCUT2D eigenvalue weighted by Crippen LogP contribution is -2.27. The number of hydrogen-bond acceptors (Lipinski definition) is 3. The molecular weight excluding hydrogens is 164 g/mol. The molecule has 4 nitrogen and oxygen atoms in total. The van der Waals surface area contributed by atoms with E-state index in [0.717, 1.165) is 25.2 Å². The van der Waals surface area contributed by atoms with E-state index in [1.165, 1.54) is 11.3 Å². The maximum absolute atomic E-state index is 5.63. The van der Waals surface area contributed by atoms with Crippen molar-refractivity contribution in [3.63, 3.8) is 0 Å². The van der Waals surface area contributed by atoms with Gasteiger partial charge in [0.25, 0.3) is 0 Å². The fourth-order valence-electron chi connectivity index (χ4n) is 1.95. The molecule has 2 heterocycles. The summed E-state index contributed by atoms with van der Waals surface area (Å²) in [5.74, 6) is 0. The zero-order chi connectivity index (χ0) is 9.42. The minimum absolute atomic E-state index is 0.562. The van der Waals surface area contributed by atoms with Gasteiger partial charge in [-0.1, -0.05) is 0 Å². The van der Waals surface area contributed by atoms with Crippen LogP contribution in [0.3, 0.4) is 0 Å². The summed E-state index contributed by atoms with van der Waals surface area (Å²) in [6.45, 7) is 2.68. The van der Waals surface area contributed by atoms with E-state index in [1.54, 1.807) is 0 Å². The fraction of sp³-hybridized carbons (Fsp3) is 0.667. The Hall–Kier alpha value is -0.870. The molecule has 0 aliphatic carbocycles. The molecule has 0 saturated heterocycles. The first kappa shape index (κ1) is 8.72. The summed E-state index contributed by atoms with van der Waals surface area (Å²) >= 11 is 0. The summed E-state index contributed by atoms with van der Waals surface area (Å²) in [6, 6.07) is 0. The van der Waals surface area contributed by atoms with Crippen LogP contribution in [-0.4, -0.2) is 28.3 Å². The second kappa shape index (κ2) is 3.12. The van der Waals surface area contributed by atoms with Crippen molar-refractivity contribution in [2.45, 2.75) is 19.5 Å². The van der Waals surface area contributed by atoms with Gasteiger partial charge in [-0.15, -0.1) is 0 Å². The molecule has 2 N–H and O–H groups in total. The van der Waals surface area contributed by atoms with E-state index in [-0.39, 0.29) is 0 Å². The molecule has 1 aliphatic rings. The second-order valence-corrected chi connectivity index (χ2v) is 3.69. The van der Waals surface area contributed by atoms with Gasteiger partial charge in [-0.3, -0.25) is 4.68 Å². The van der Waals surface area contributed by atoms with Crippen LogP contribution in [0.15, 0.2) is 0 Å². The normalized spacial score (nSPS) is 17.5. The quantitative estimate of drug-likeness (QED) is 0.654. The minimum Gasteiger partial charge on any atom is -0.325 e. The van der Waals surface area contributed by atoms with Crippen LogP contribution in [0.4, 0.5) is 0 Å². The maximum atomic E-state index is 5.63. The summed E-state index contributed by atoms with van der Waals surface area (Å²) < 4.78 is 1.97. The summed E-state index contributed by atoms with van der Waals surface area (Å²) in [5.41, 5.74) is 9.41. The van der Waals surface area contributed by atoms with Gasteiger partial charge >= 0.3 is 0 Å². The molecule has 0 amide bonds. The van der Waals surface area contributed by atoms with E-state index in [2.05, 4.69) is 17.0 Å². The molecule has 0 aromatic carbocycles. The molecule has 0 fully saturated rings. The van der Waals surface area contributed by atoms with Gasteiger partial charge in [0.1, 0.15) is 0 Å². The Kier molecular flexibility index (Phi) is 2.09. The average molecular weight is 180 g/mol. The monoisotopic (exact) mass is 180 g/mol. The number of fused-ring (bicyclic) bond motifs is 1. The van der Waals surface area contributed by atoms with Crippen LogP contribution in [0.5, 0.6) is 0 Å². The second-order valence-electron chi connectivity index (χ2n) is 3.69. The molecule has 1 aromatic rings. The Balaban J connectivity index is 2.42. The van der Waals surface area contributed by atoms with Crippen LogP contribution in [0, 0.1) is 0 Å². The highest BCUT2D eigenvalue weighted by Crippen LogP contribution is 2.20. The van der Waals surface area contributed by atoms with Gasteiger partial charge in [0, 0.05) is 32.2 Å². The van der Waals surface area contributed by atoms with Crippen molar-refractivity contribution in [1.82, 2.24) is 14.7 Å². The van der Waals surface area contributed by atoms with Crippen LogP contribution >= 0.6 is 0 Å². The van der Waals surface area contributed by atoms with Crippen LogP contribution in [-0.2, 0) is 26.6 Å². The van der Waals surface area contributed by atoms with Crippen molar-refractivity contribution in [3.05, 3.63) is 17.0 Å². The Labute approximate surface area is 78.3 Å². The summed E-state index contributed by atoms with van der Waals surface area (Å²) in [5, 5.41) is 4.41. The molecule has 0 spiro atoms. The number of aromatic nitrogens is 2. The Bertz CT molecular complexity index is 316. The van der Waals surface area contributed by atoms with Gasteiger partial charge in [0.05, 0.1) is 11.4 Å². The molecule has 0 saturated carbocycles. The van der Waals surface area contributed by atoms with Crippen LogP contribution in [0.2, 0.25) is 0 Å². The lowest BCUT2D eigenvalue weighted by molar-refractivity contribution is 0.303. The van der Waals surface area contributed by atoms with Gasteiger partial charge in [0.2, 0.25) is 0 Å². The first-order valence-electron chi connectivity index (χ1n) is 4.64. The molecule has 13 heavy (non-hydrogen) atoms. The minimum atomic E-state index is 0.562. The van der Waals surface area contributed by atoms with Crippen molar-refractivity contribution in [1.29, 1.82) is 0 Å². The highest BCUT2D eigenvalue weighted by Gasteiger charge is 2.20. The number of likely N-dealkylation sites (N-methyl/N-ethyl adjacent to an activating group) is 1. The van der Waals surface area contributed by atoms with Crippen LogP contribution < -0.4 is 5.73 Å². The molecule has 1 aromatic heterocycles. The van der Waals surface area contributed by atoms with Crippen molar-refractivity contribution in [3.8, 4) is 0 Å². The van der Waals surface area contributed by atoms with E-state index >= 15 is 0 Å². The SMILES string of the molecule is CN1CCc2c(CN)nn(C)c2C1. The molecule has 0 unspecified atom stereocenters. The van der Waals surface area contributed by atoms with Crippen molar-refractivity contribution < 1.29 is 0 Å². The lowest BCUT2D eigenvalue weighted by atomic mass is 10.0. The molecule has 2 rings (SSSR count). The molecule has 0 bridgehead atoms. The topological polar surface area (TPSA) is 47.1 Å². The molecule has 0 atom stereocenters. The molecular formula is C9H16N4. The number of hydrogen-bond donors (Lipinski definition) is 1. The van der Waals surface area contributed by atoms with Crippen molar-refractivity contribution >= 4 is 0 Å². The smallest absolute Gasteiger partial charge is 0.0796 e. The zero-order valence-electron chi connectivity index (χ0n) is 8.25. The molecule has 0 radical (unpaired) electrons. The predicted molar refractivity (Wildman–Crippen MR) is 51.1 cm³/mol. The predicted octanol–water partition coefficient (Wildman–Crippen LogP) is -0.133. The Morgan fingerprint density at radius 3 is 2.92 bits per heavy atom. The van der Waals surface area contributed by atoms with E-state index in [9.17, 15) is 0 Å². The lowest BCUT2D eigenvalue weighted by Gasteiger charge is -2.22. The summed E-state index contributed by atoms with van der Waals surface area (Å²) in [7, 11) is 4.13. The van der Waals surface area contributed by atoms with E-state index in [4.69, 9.17) is 5.73 Å². The van der Waals surface area contributed by atoms with Gasteiger partial charge < -0.3 is 10.6 Å². The highest BCUT2D eigenvalue weighted by atomic mass is 15.3. The van der Waals surface area contributed by atoms with Crippen LogP contribution in [0.1, 0.15) is 17.0 Å². The number of nitrogens with two attached hydrogens (primary N) is 1. The number of aryl methyl sites for hydroxylation is 1. The van der Waals surface area contributed by atoms with E-state index in [1.807, 2.05) is 11.7 Å². The van der Waals surface area contributed by atoms with Gasteiger partial charge in [-0.25, -0.2) is 0 Å².